The maximum absolute atomic E-state index is 5.14. The lowest BCUT2D eigenvalue weighted by atomic mass is 10.1. The molecular formula is C19H26O2. The molecule has 0 amide bonds. The lowest BCUT2D eigenvalue weighted by Gasteiger charge is -2.05. The van der Waals surface area contributed by atoms with Gasteiger partial charge < -0.3 is 9.47 Å². The summed E-state index contributed by atoms with van der Waals surface area (Å²) in [6.07, 6.45) is 1.09. The van der Waals surface area contributed by atoms with Crippen LogP contribution in [0.1, 0.15) is 29.2 Å². The van der Waals surface area contributed by atoms with E-state index in [4.69, 9.17) is 9.47 Å². The van der Waals surface area contributed by atoms with Crippen molar-refractivity contribution < 1.29 is 9.47 Å². The smallest absolute Gasteiger partial charge is 0.121 e. The molecule has 21 heavy (non-hydrogen) atoms. The number of benzene rings is 2. The topological polar surface area (TPSA) is 18.5 Å². The molecule has 114 valence electrons. The van der Waals surface area contributed by atoms with Gasteiger partial charge in [-0.15, -0.1) is 0 Å². The van der Waals surface area contributed by atoms with Crippen molar-refractivity contribution in [1.29, 1.82) is 0 Å². The molecule has 0 aromatic heterocycles. The lowest BCUT2D eigenvalue weighted by Crippen LogP contribution is -1.88. The first-order valence-electron chi connectivity index (χ1n) is 7.26. The molecule has 2 rings (SSSR count). The van der Waals surface area contributed by atoms with E-state index in [2.05, 4.69) is 39.0 Å². The Morgan fingerprint density at radius 1 is 0.762 bits per heavy atom. The molecule has 0 saturated carbocycles. The van der Waals surface area contributed by atoms with Gasteiger partial charge in [0, 0.05) is 0 Å². The van der Waals surface area contributed by atoms with Crippen LogP contribution in [0.3, 0.4) is 0 Å². The first kappa shape index (κ1) is 17.1. The van der Waals surface area contributed by atoms with Gasteiger partial charge in [-0.2, -0.15) is 0 Å². The monoisotopic (exact) mass is 286 g/mol. The summed E-state index contributed by atoms with van der Waals surface area (Å²) < 4.78 is 10.2. The predicted octanol–water partition coefficient (Wildman–Crippen LogP) is 4.88. The highest BCUT2D eigenvalue weighted by molar-refractivity contribution is 5.36. The Morgan fingerprint density at radius 2 is 1.29 bits per heavy atom. The molecule has 0 radical (unpaired) electrons. The Balaban J connectivity index is 0.000000211. The van der Waals surface area contributed by atoms with Crippen molar-refractivity contribution in [2.75, 3.05) is 14.2 Å². The summed E-state index contributed by atoms with van der Waals surface area (Å²) in [5.41, 5.74) is 5.05. The summed E-state index contributed by atoms with van der Waals surface area (Å²) >= 11 is 0. The van der Waals surface area contributed by atoms with Gasteiger partial charge in [0.25, 0.3) is 0 Å². The van der Waals surface area contributed by atoms with Crippen LogP contribution in [-0.2, 0) is 6.42 Å². The molecule has 2 aromatic carbocycles. The molecular weight excluding hydrogens is 260 g/mol. The van der Waals surface area contributed by atoms with E-state index in [1.807, 2.05) is 25.1 Å². The Bertz CT molecular complexity index is 574. The highest BCUT2D eigenvalue weighted by Gasteiger charge is 1.97. The first-order valence-corrected chi connectivity index (χ1v) is 7.26. The van der Waals surface area contributed by atoms with E-state index in [0.29, 0.717) is 0 Å². The van der Waals surface area contributed by atoms with E-state index in [1.54, 1.807) is 14.2 Å². The first-order chi connectivity index (χ1) is 10.0. The van der Waals surface area contributed by atoms with Gasteiger partial charge in [-0.25, -0.2) is 0 Å². The van der Waals surface area contributed by atoms with Crippen molar-refractivity contribution in [1.82, 2.24) is 0 Å². The fourth-order valence-electron chi connectivity index (χ4n) is 2.19. The van der Waals surface area contributed by atoms with Gasteiger partial charge in [0.2, 0.25) is 0 Å². The van der Waals surface area contributed by atoms with Crippen LogP contribution in [0, 0.1) is 20.8 Å². The van der Waals surface area contributed by atoms with E-state index < -0.39 is 0 Å². The minimum atomic E-state index is 0.964. The number of ether oxygens (including phenoxy) is 2. The third kappa shape index (κ3) is 5.14. The average Bonchev–Trinajstić information content (AvgIpc) is 2.48. The third-order valence-electron chi connectivity index (χ3n) is 3.42. The summed E-state index contributed by atoms with van der Waals surface area (Å²) in [5.74, 6) is 1.94. The zero-order valence-electron chi connectivity index (χ0n) is 14.0. The minimum Gasteiger partial charge on any atom is -0.496 e. The molecule has 0 bridgehead atoms. The van der Waals surface area contributed by atoms with E-state index in [0.717, 1.165) is 17.9 Å². The van der Waals surface area contributed by atoms with Gasteiger partial charge in [0.05, 0.1) is 14.2 Å². The van der Waals surface area contributed by atoms with Crippen LogP contribution in [0.5, 0.6) is 11.5 Å². The molecule has 0 aliphatic heterocycles. The lowest BCUT2D eigenvalue weighted by molar-refractivity contribution is 0.411. The summed E-state index contributed by atoms with van der Waals surface area (Å²) in [5, 5.41) is 0. The maximum atomic E-state index is 5.14. The second kappa shape index (κ2) is 8.35. The average molecular weight is 286 g/mol. The maximum Gasteiger partial charge on any atom is 0.121 e. The Hall–Kier alpha value is -1.96. The van der Waals surface area contributed by atoms with E-state index in [1.165, 1.54) is 22.3 Å². The molecule has 0 unspecified atom stereocenters. The fraction of sp³-hybridized carbons (Fsp3) is 0.368. The van der Waals surface area contributed by atoms with Crippen LogP contribution in [0.4, 0.5) is 0 Å². The highest BCUT2D eigenvalue weighted by Crippen LogP contribution is 2.18. The van der Waals surface area contributed by atoms with E-state index in [-0.39, 0.29) is 0 Å². The Kier molecular flexibility index (Phi) is 6.80. The van der Waals surface area contributed by atoms with Crippen LogP contribution in [0.25, 0.3) is 0 Å². The molecule has 2 aromatic rings. The summed E-state index contributed by atoms with van der Waals surface area (Å²) in [4.78, 5) is 0. The molecule has 0 saturated heterocycles. The molecule has 0 heterocycles. The van der Waals surface area contributed by atoms with Crippen molar-refractivity contribution in [2.24, 2.45) is 0 Å². The van der Waals surface area contributed by atoms with Crippen LogP contribution in [0.2, 0.25) is 0 Å². The van der Waals surface area contributed by atoms with Crippen LogP contribution in [0.15, 0.2) is 36.4 Å². The second-order valence-electron chi connectivity index (χ2n) is 5.13. The zero-order valence-corrected chi connectivity index (χ0v) is 14.0. The zero-order chi connectivity index (χ0) is 15.8. The van der Waals surface area contributed by atoms with Crippen LogP contribution >= 0.6 is 0 Å². The highest BCUT2D eigenvalue weighted by atomic mass is 16.5. The summed E-state index contributed by atoms with van der Waals surface area (Å²) in [6, 6.07) is 12.4. The molecule has 0 N–H and O–H groups in total. The normalized spacial score (nSPS) is 9.62. The predicted molar refractivity (Wildman–Crippen MR) is 89.6 cm³/mol. The van der Waals surface area contributed by atoms with Crippen molar-refractivity contribution in [3.8, 4) is 11.5 Å². The fourth-order valence-corrected chi connectivity index (χ4v) is 2.19. The molecule has 0 aliphatic rings. The molecule has 2 nitrogen and oxygen atoms in total. The number of hydrogen-bond donors (Lipinski definition) is 0. The van der Waals surface area contributed by atoms with E-state index in [9.17, 15) is 0 Å². The van der Waals surface area contributed by atoms with Gasteiger partial charge in [0.15, 0.2) is 0 Å². The van der Waals surface area contributed by atoms with Crippen molar-refractivity contribution >= 4 is 0 Å². The minimum absolute atomic E-state index is 0.964. The molecule has 0 aliphatic carbocycles. The SMILES string of the molecule is CCc1ccc(OC)c(C)c1.COc1ccc(C)cc1C. The number of aryl methyl sites for hydroxylation is 4. The Morgan fingerprint density at radius 3 is 1.71 bits per heavy atom. The van der Waals surface area contributed by atoms with Crippen LogP contribution in [-0.4, -0.2) is 14.2 Å². The van der Waals surface area contributed by atoms with Crippen molar-refractivity contribution in [3.05, 3.63) is 58.7 Å². The number of methoxy groups -OCH3 is 2. The Labute approximate surface area is 128 Å². The van der Waals surface area contributed by atoms with Gasteiger partial charge in [-0.1, -0.05) is 36.8 Å². The van der Waals surface area contributed by atoms with Crippen LogP contribution < -0.4 is 9.47 Å². The number of rotatable bonds is 3. The second-order valence-corrected chi connectivity index (χ2v) is 5.13. The van der Waals surface area contributed by atoms with Gasteiger partial charge in [-0.3, -0.25) is 0 Å². The van der Waals surface area contributed by atoms with Crippen molar-refractivity contribution in [2.45, 2.75) is 34.1 Å². The number of hydrogen-bond acceptors (Lipinski definition) is 2. The van der Waals surface area contributed by atoms with E-state index >= 15 is 0 Å². The van der Waals surface area contributed by atoms with Crippen molar-refractivity contribution in [3.63, 3.8) is 0 Å². The van der Waals surface area contributed by atoms with Gasteiger partial charge >= 0.3 is 0 Å². The molecule has 0 fully saturated rings. The van der Waals surface area contributed by atoms with Gasteiger partial charge in [0.1, 0.15) is 11.5 Å². The molecule has 0 atom stereocenters. The van der Waals surface area contributed by atoms with Gasteiger partial charge in [-0.05, 0) is 56.0 Å². The third-order valence-corrected chi connectivity index (χ3v) is 3.42. The molecule has 0 spiro atoms. The summed E-state index contributed by atoms with van der Waals surface area (Å²) in [6.45, 7) is 8.34. The largest absolute Gasteiger partial charge is 0.496 e. The quantitative estimate of drug-likeness (QED) is 0.800. The summed E-state index contributed by atoms with van der Waals surface area (Å²) in [7, 11) is 3.39. The molecule has 2 heteroatoms. The standard InChI is InChI=1S/C10H14O.C9H12O/c1-4-9-5-6-10(11-3)8(2)7-9;1-7-4-5-9(10-3)8(2)6-7/h5-7H,4H2,1-3H3;4-6H,1-3H3.